The monoisotopic (exact) mass is 557 g/mol. The molecule has 0 bridgehead atoms. The van der Waals surface area contributed by atoms with Crippen molar-refractivity contribution < 1.29 is 27.5 Å². The topological polar surface area (TPSA) is 116 Å². The Balaban J connectivity index is 1.33. The Kier molecular flexibility index (Phi) is 7.83. The van der Waals surface area contributed by atoms with E-state index in [0.717, 1.165) is 29.8 Å². The molecule has 3 amide bonds. The van der Waals surface area contributed by atoms with Crippen LogP contribution in [0.2, 0.25) is 0 Å². The number of aliphatic imine (C=N–C) groups is 1. The minimum atomic E-state index is -4.47. The minimum absolute atomic E-state index is 0.139. The van der Waals surface area contributed by atoms with E-state index in [1.807, 2.05) is 35.2 Å². The molecule has 40 heavy (non-hydrogen) atoms. The molecule has 3 aliphatic heterocycles. The Morgan fingerprint density at radius 1 is 1.02 bits per heavy atom. The number of rotatable bonds is 3. The summed E-state index contributed by atoms with van der Waals surface area (Å²) in [6.07, 6.45) is -3.08. The van der Waals surface area contributed by atoms with Crippen molar-refractivity contribution in [3.63, 3.8) is 0 Å². The molecule has 3 aliphatic rings. The van der Waals surface area contributed by atoms with Gasteiger partial charge in [-0.15, -0.1) is 0 Å². The van der Waals surface area contributed by atoms with Crippen LogP contribution in [0.25, 0.3) is 5.70 Å². The first-order chi connectivity index (χ1) is 19.2. The number of urea groups is 1. The van der Waals surface area contributed by atoms with Gasteiger partial charge in [0.2, 0.25) is 5.96 Å². The third kappa shape index (κ3) is 5.98. The number of amides is 3. The number of nitrogens with two attached hydrogens (primary N) is 1. The van der Waals surface area contributed by atoms with Gasteiger partial charge in [0, 0.05) is 43.3 Å². The summed E-state index contributed by atoms with van der Waals surface area (Å²) in [6.45, 7) is 2.72. The number of carbonyl (C=O) groups is 2. The highest BCUT2D eigenvalue weighted by Gasteiger charge is 2.35. The van der Waals surface area contributed by atoms with Crippen LogP contribution >= 0.6 is 0 Å². The number of hydrazine groups is 1. The van der Waals surface area contributed by atoms with E-state index in [-0.39, 0.29) is 23.5 Å². The molecule has 13 heteroatoms. The minimum Gasteiger partial charge on any atom is -0.382 e. The number of ether oxygens (including phenoxy) is 1. The zero-order valence-electron chi connectivity index (χ0n) is 21.7. The molecular formula is C27H30F3N7O3. The van der Waals surface area contributed by atoms with Gasteiger partial charge in [-0.05, 0) is 37.1 Å². The fourth-order valence-corrected chi connectivity index (χ4v) is 4.88. The van der Waals surface area contributed by atoms with E-state index >= 15 is 0 Å². The zero-order valence-corrected chi connectivity index (χ0v) is 21.7. The Bertz CT molecular complexity index is 1290. The van der Waals surface area contributed by atoms with Crippen LogP contribution in [0.1, 0.15) is 34.3 Å². The molecule has 0 radical (unpaired) electrons. The maximum Gasteiger partial charge on any atom is 0.416 e. The number of hydrogen-bond acceptors (Lipinski definition) is 7. The van der Waals surface area contributed by atoms with Gasteiger partial charge in [-0.1, -0.05) is 30.3 Å². The second-order valence-electron chi connectivity index (χ2n) is 9.70. The zero-order chi connectivity index (χ0) is 28.3. The molecule has 2 aromatic carbocycles. The Labute approximate surface area is 229 Å². The van der Waals surface area contributed by atoms with E-state index in [2.05, 4.69) is 15.7 Å². The fourth-order valence-electron chi connectivity index (χ4n) is 4.88. The Morgan fingerprint density at radius 2 is 1.73 bits per heavy atom. The molecule has 2 fully saturated rings. The second-order valence-corrected chi connectivity index (χ2v) is 9.70. The summed E-state index contributed by atoms with van der Waals surface area (Å²) < 4.78 is 44.0. The third-order valence-electron chi connectivity index (χ3n) is 6.96. The fraction of sp³-hybridized carbons (Fsp3) is 0.370. The number of guanidine groups is 1. The number of morpholine rings is 1. The number of likely N-dealkylation sites (tertiary alicyclic amines) is 1. The first-order valence-corrected chi connectivity index (χ1v) is 13.0. The van der Waals surface area contributed by atoms with E-state index in [1.54, 1.807) is 4.90 Å². The SMILES string of the molecule is NC1=C(c2ccccc2)N(C(=O)N2CCOCC2)NC(N2CCCC(NC(=O)c3ccc(C(F)(F)F)cc3)C2)=N1. The molecule has 2 saturated heterocycles. The van der Waals surface area contributed by atoms with Crippen LogP contribution in [-0.2, 0) is 10.9 Å². The van der Waals surface area contributed by atoms with Crippen molar-refractivity contribution in [1.29, 1.82) is 0 Å². The van der Waals surface area contributed by atoms with Crippen molar-refractivity contribution in [1.82, 2.24) is 25.6 Å². The van der Waals surface area contributed by atoms with E-state index in [4.69, 9.17) is 10.5 Å². The van der Waals surface area contributed by atoms with Crippen LogP contribution in [0, 0.1) is 0 Å². The maximum atomic E-state index is 13.6. The molecule has 3 heterocycles. The summed E-state index contributed by atoms with van der Waals surface area (Å²) in [5.74, 6) is 0.0683. The van der Waals surface area contributed by atoms with Gasteiger partial charge in [0.1, 0.15) is 5.70 Å². The van der Waals surface area contributed by atoms with E-state index in [9.17, 15) is 22.8 Å². The largest absolute Gasteiger partial charge is 0.416 e. The van der Waals surface area contributed by atoms with Crippen LogP contribution in [0.15, 0.2) is 65.4 Å². The van der Waals surface area contributed by atoms with Gasteiger partial charge in [-0.3, -0.25) is 10.2 Å². The number of piperidine rings is 1. The number of carbonyl (C=O) groups excluding carboxylic acids is 2. The molecule has 4 N–H and O–H groups in total. The van der Waals surface area contributed by atoms with Crippen molar-refractivity contribution in [2.75, 3.05) is 39.4 Å². The van der Waals surface area contributed by atoms with Gasteiger partial charge < -0.3 is 25.6 Å². The Morgan fingerprint density at radius 3 is 2.40 bits per heavy atom. The standard InChI is InChI=1S/C27H30F3N7O3/c28-27(29,30)20-10-8-19(9-11-20)24(38)32-21-7-4-12-36(17-21)25-33-23(31)22(18-5-2-1-3-6-18)37(34-25)26(39)35-13-15-40-16-14-35/h1-3,5-6,8-11,21H,4,7,12-17,31H2,(H,32,38)(H,33,34). The van der Waals surface area contributed by atoms with Crippen molar-refractivity contribution in [2.45, 2.75) is 25.1 Å². The van der Waals surface area contributed by atoms with Crippen molar-refractivity contribution >= 4 is 23.6 Å². The number of benzene rings is 2. The van der Waals surface area contributed by atoms with E-state index < -0.39 is 17.6 Å². The van der Waals surface area contributed by atoms with Crippen LogP contribution in [0.3, 0.4) is 0 Å². The maximum absolute atomic E-state index is 13.6. The lowest BCUT2D eigenvalue weighted by molar-refractivity contribution is -0.137. The van der Waals surface area contributed by atoms with Crippen molar-refractivity contribution in [3.8, 4) is 0 Å². The molecule has 2 aromatic rings. The summed E-state index contributed by atoms with van der Waals surface area (Å²) in [7, 11) is 0. The second kappa shape index (κ2) is 11.5. The highest BCUT2D eigenvalue weighted by Crippen LogP contribution is 2.29. The molecule has 212 valence electrons. The van der Waals surface area contributed by atoms with Gasteiger partial charge in [0.25, 0.3) is 5.91 Å². The summed E-state index contributed by atoms with van der Waals surface area (Å²) >= 11 is 0. The van der Waals surface area contributed by atoms with Crippen LogP contribution in [-0.4, -0.2) is 78.1 Å². The van der Waals surface area contributed by atoms with E-state index in [1.165, 1.54) is 5.01 Å². The molecule has 0 aliphatic carbocycles. The number of nitrogens with one attached hydrogen (secondary N) is 2. The van der Waals surface area contributed by atoms with Gasteiger partial charge in [0.05, 0.1) is 18.8 Å². The molecule has 0 aromatic heterocycles. The molecule has 10 nitrogen and oxygen atoms in total. The average Bonchev–Trinajstić information content (AvgIpc) is 2.97. The summed E-state index contributed by atoms with van der Waals surface area (Å²) in [6, 6.07) is 12.8. The number of nitrogens with zero attached hydrogens (tertiary/aromatic N) is 4. The first-order valence-electron chi connectivity index (χ1n) is 13.0. The Hall–Kier alpha value is -4.26. The van der Waals surface area contributed by atoms with Crippen LogP contribution < -0.4 is 16.5 Å². The first kappa shape index (κ1) is 27.3. The lowest BCUT2D eigenvalue weighted by Gasteiger charge is -2.41. The molecule has 5 rings (SSSR count). The summed E-state index contributed by atoms with van der Waals surface area (Å²) in [4.78, 5) is 34.5. The smallest absolute Gasteiger partial charge is 0.382 e. The van der Waals surface area contributed by atoms with Crippen molar-refractivity contribution in [2.24, 2.45) is 10.7 Å². The normalized spacial score (nSPS) is 20.1. The number of hydrogen-bond donors (Lipinski definition) is 3. The number of alkyl halides is 3. The van der Waals surface area contributed by atoms with Gasteiger partial charge >= 0.3 is 12.2 Å². The van der Waals surface area contributed by atoms with Gasteiger partial charge in [-0.25, -0.2) is 4.79 Å². The lowest BCUT2D eigenvalue weighted by Crippen LogP contribution is -2.60. The quantitative estimate of drug-likeness (QED) is 0.535. The molecule has 1 unspecified atom stereocenters. The average molecular weight is 558 g/mol. The van der Waals surface area contributed by atoms with Gasteiger partial charge in [-0.2, -0.15) is 23.2 Å². The van der Waals surface area contributed by atoms with Crippen LogP contribution in [0.5, 0.6) is 0 Å². The molecular weight excluding hydrogens is 527 g/mol. The van der Waals surface area contributed by atoms with Crippen molar-refractivity contribution in [3.05, 3.63) is 77.1 Å². The summed E-state index contributed by atoms with van der Waals surface area (Å²) in [5.41, 5.74) is 10.1. The van der Waals surface area contributed by atoms with Crippen LogP contribution in [0.4, 0.5) is 18.0 Å². The predicted molar refractivity (Wildman–Crippen MR) is 141 cm³/mol. The predicted octanol–water partition coefficient (Wildman–Crippen LogP) is 2.81. The molecule has 1 atom stereocenters. The third-order valence-corrected chi connectivity index (χ3v) is 6.96. The lowest BCUT2D eigenvalue weighted by atomic mass is 10.0. The molecule has 0 spiro atoms. The molecule has 0 saturated carbocycles. The highest BCUT2D eigenvalue weighted by molar-refractivity contribution is 5.95. The van der Waals surface area contributed by atoms with E-state index in [0.29, 0.717) is 63.9 Å². The van der Waals surface area contributed by atoms with Gasteiger partial charge in [0.15, 0.2) is 5.82 Å². The number of halogens is 3. The highest BCUT2D eigenvalue weighted by atomic mass is 19.4. The summed E-state index contributed by atoms with van der Waals surface area (Å²) in [5, 5.41) is 4.31.